The zero-order chi connectivity index (χ0) is 35.1. The molecule has 1 aliphatic heterocycles. The number of rotatable bonds is 21. The van der Waals surface area contributed by atoms with E-state index in [9.17, 15) is 38.4 Å². The quantitative estimate of drug-likeness (QED) is 0.0369. The summed E-state index contributed by atoms with van der Waals surface area (Å²) < 4.78 is 5.34. The van der Waals surface area contributed by atoms with Gasteiger partial charge in [-0.3, -0.25) is 43.3 Å². The van der Waals surface area contributed by atoms with E-state index in [1.54, 1.807) is 59.8 Å². The molecule has 0 aromatic heterocycles. The third-order valence-corrected chi connectivity index (χ3v) is 8.42. The van der Waals surface area contributed by atoms with E-state index >= 15 is 0 Å². The predicted molar refractivity (Wildman–Crippen MR) is 180 cm³/mol. The minimum absolute atomic E-state index is 0.123. The third kappa shape index (κ3) is 13.7. The summed E-state index contributed by atoms with van der Waals surface area (Å²) in [6, 6.07) is 7.87. The number of imide groups is 1. The number of carbonyl (C=O) groups excluding carboxylic acids is 8. The summed E-state index contributed by atoms with van der Waals surface area (Å²) in [5, 5.41) is 12.4. The topological polar surface area (TPSA) is 209 Å². The molecule has 0 spiro atoms. The Morgan fingerprint density at radius 1 is 0.854 bits per heavy atom. The second-order valence-corrected chi connectivity index (χ2v) is 12.9. The molecule has 2 fully saturated rings. The van der Waals surface area contributed by atoms with Gasteiger partial charge in [-0.1, -0.05) is 43.7 Å². The molecule has 2 aliphatic rings. The van der Waals surface area contributed by atoms with Crippen LogP contribution in [0.5, 0.6) is 0 Å². The van der Waals surface area contributed by atoms with Crippen molar-refractivity contribution in [1.82, 2.24) is 31.5 Å². The molecule has 16 heteroatoms. The van der Waals surface area contributed by atoms with Crippen LogP contribution in [-0.4, -0.2) is 95.1 Å². The van der Waals surface area contributed by atoms with Gasteiger partial charge in [-0.05, 0) is 37.2 Å². The van der Waals surface area contributed by atoms with Crippen molar-refractivity contribution in [2.24, 2.45) is 11.8 Å². The highest BCUT2D eigenvalue weighted by Gasteiger charge is 2.36. The summed E-state index contributed by atoms with van der Waals surface area (Å²) in [4.78, 5) is 98.9. The van der Waals surface area contributed by atoms with Crippen molar-refractivity contribution in [3.63, 3.8) is 0 Å². The summed E-state index contributed by atoms with van der Waals surface area (Å²) in [7, 11) is 0. The van der Waals surface area contributed by atoms with Gasteiger partial charge in [0.15, 0.2) is 0 Å². The van der Waals surface area contributed by atoms with Gasteiger partial charge in [-0.25, -0.2) is 0 Å². The van der Waals surface area contributed by atoms with E-state index in [0.29, 0.717) is 25.8 Å². The van der Waals surface area contributed by atoms with Gasteiger partial charge in [-0.15, -0.1) is 0 Å². The minimum atomic E-state index is -1.05. The molecule has 1 saturated carbocycles. The molecule has 1 heterocycles. The van der Waals surface area contributed by atoms with Crippen LogP contribution in [-0.2, 0) is 49.5 Å². The molecular weight excluding hydrogens is 739 g/mol. The summed E-state index contributed by atoms with van der Waals surface area (Å²) in [5.41, 5.74) is 0.754. The second kappa shape index (κ2) is 19.8. The first-order valence-corrected chi connectivity index (χ1v) is 17.1. The van der Waals surface area contributed by atoms with E-state index in [2.05, 4.69) is 26.6 Å². The van der Waals surface area contributed by atoms with Gasteiger partial charge in [-0.2, -0.15) is 0 Å². The van der Waals surface area contributed by atoms with Gasteiger partial charge >= 0.3 is 0 Å². The fraction of sp³-hybridized carbons (Fsp3) is 0.562. The zero-order valence-electron chi connectivity index (χ0n) is 26.9. The lowest BCUT2D eigenvalue weighted by Crippen LogP contribution is -2.52. The maximum Gasteiger partial charge on any atom is 0.243 e. The molecule has 15 nitrogen and oxygen atoms in total. The van der Waals surface area contributed by atoms with Crippen LogP contribution in [0, 0.1) is 11.8 Å². The number of benzene rings is 1. The van der Waals surface area contributed by atoms with Crippen LogP contribution >= 0.6 is 22.6 Å². The average molecular weight is 783 g/mol. The fourth-order valence-electron chi connectivity index (χ4n) is 4.98. The summed E-state index contributed by atoms with van der Waals surface area (Å²) in [5.74, 6) is -3.22. The zero-order valence-corrected chi connectivity index (χ0v) is 29.0. The number of carbonyl (C=O) groups is 8. The second-order valence-electron chi connectivity index (χ2n) is 11.9. The number of hydrogen-bond donors (Lipinski definition) is 5. The third-order valence-electron chi connectivity index (χ3n) is 7.81. The van der Waals surface area contributed by atoms with Crippen molar-refractivity contribution < 1.29 is 43.1 Å². The van der Waals surface area contributed by atoms with Crippen LogP contribution in [0.4, 0.5) is 0 Å². The molecule has 262 valence electrons. The number of likely N-dealkylation sites (tertiary alicyclic amines) is 1. The Morgan fingerprint density at radius 2 is 1.50 bits per heavy atom. The molecule has 3 atom stereocenters. The number of unbranched alkanes of at least 4 members (excludes halogenated alkanes) is 2. The van der Waals surface area contributed by atoms with Crippen molar-refractivity contribution in [1.29, 1.82) is 0 Å². The molecule has 7 amide bonds. The van der Waals surface area contributed by atoms with E-state index < -0.39 is 42.3 Å². The summed E-state index contributed by atoms with van der Waals surface area (Å²) in [6.07, 6.45) is 3.47. The average Bonchev–Trinajstić information content (AvgIpc) is 3.86. The van der Waals surface area contributed by atoms with Gasteiger partial charge in [0.05, 0.1) is 19.6 Å². The van der Waals surface area contributed by atoms with E-state index in [1.807, 2.05) is 0 Å². The molecule has 2 unspecified atom stereocenters. The predicted octanol–water partition coefficient (Wildman–Crippen LogP) is -0.152. The molecule has 48 heavy (non-hydrogen) atoms. The minimum Gasteiger partial charge on any atom is -0.349 e. The first-order valence-electron chi connectivity index (χ1n) is 16.0. The highest BCUT2D eigenvalue weighted by atomic mass is 127. The van der Waals surface area contributed by atoms with Crippen LogP contribution in [0.15, 0.2) is 30.3 Å². The molecule has 0 radical (unpaired) electrons. The lowest BCUT2D eigenvalue weighted by atomic mass is 10.1. The van der Waals surface area contributed by atoms with Crippen molar-refractivity contribution in [3.8, 4) is 0 Å². The first-order chi connectivity index (χ1) is 22.9. The number of nitrogens with one attached hydrogen (secondary N) is 5. The normalized spacial score (nSPS) is 16.9. The van der Waals surface area contributed by atoms with Crippen LogP contribution in [0.1, 0.15) is 57.4 Å². The SMILES string of the molecule is CC1CC(=O)N(CCCCCC(=O)NCC(=O)NCC(=O)N[C@@H](Cc2ccccc2)C(=O)NCC(=O)NCOC(C(=O)I)C2CC2)C1=O. The van der Waals surface area contributed by atoms with Crippen LogP contribution in [0.3, 0.4) is 0 Å². The van der Waals surface area contributed by atoms with Crippen molar-refractivity contribution in [3.05, 3.63) is 35.9 Å². The number of hydrogen-bond acceptors (Lipinski definition) is 9. The Bertz CT molecular complexity index is 1340. The molecule has 0 bridgehead atoms. The molecular formula is C32H43IN6O9. The summed E-state index contributed by atoms with van der Waals surface area (Å²) >= 11 is 1.67. The standard InChI is InChI=1S/C32H43IN6O9/c1-20-14-28(44)39(32(20)47)13-7-3-6-10-24(40)34-16-25(41)35-18-27(43)38-23(15-21-8-4-2-5-9-21)31(46)36-17-26(42)37-19-48-29(30(33)45)22-11-12-22/h2,4-5,8-9,20,22-23,29H,3,6-7,10-19H2,1H3,(H,34,40)(H,35,41)(H,36,46)(H,37,42)(H,38,43)/t20?,23-,29?/m0/s1. The number of amides is 7. The Morgan fingerprint density at radius 3 is 2.15 bits per heavy atom. The molecule has 1 aromatic rings. The van der Waals surface area contributed by atoms with Gasteiger partial charge in [0.25, 0.3) is 0 Å². The Balaban J connectivity index is 1.34. The van der Waals surface area contributed by atoms with E-state index in [-0.39, 0.29) is 72.4 Å². The lowest BCUT2D eigenvalue weighted by Gasteiger charge is -2.19. The number of halogens is 1. The van der Waals surface area contributed by atoms with E-state index in [1.165, 1.54) is 4.90 Å². The first kappa shape index (κ1) is 38.5. The van der Waals surface area contributed by atoms with Gasteiger partial charge in [0, 0.05) is 54.3 Å². The maximum absolute atomic E-state index is 13.0. The van der Waals surface area contributed by atoms with Crippen molar-refractivity contribution >= 4 is 67.7 Å². The maximum atomic E-state index is 13.0. The summed E-state index contributed by atoms with van der Waals surface area (Å²) in [6.45, 7) is 0.692. The number of nitrogens with zero attached hydrogens (tertiary/aromatic N) is 1. The van der Waals surface area contributed by atoms with E-state index in [4.69, 9.17) is 4.74 Å². The Kier molecular flexibility index (Phi) is 15.9. The smallest absolute Gasteiger partial charge is 0.243 e. The highest BCUT2D eigenvalue weighted by Crippen LogP contribution is 2.35. The van der Waals surface area contributed by atoms with Crippen molar-refractivity contribution in [2.45, 2.75) is 70.4 Å². The van der Waals surface area contributed by atoms with Gasteiger partial charge < -0.3 is 31.3 Å². The monoisotopic (exact) mass is 782 g/mol. The molecule has 1 aliphatic carbocycles. The van der Waals surface area contributed by atoms with Crippen LogP contribution < -0.4 is 26.6 Å². The Hall–Kier alpha value is -3.93. The van der Waals surface area contributed by atoms with Crippen LogP contribution in [0.25, 0.3) is 0 Å². The molecule has 3 rings (SSSR count). The number of ether oxygens (including phenoxy) is 1. The molecule has 1 aromatic carbocycles. The van der Waals surface area contributed by atoms with Gasteiger partial charge in [0.2, 0.25) is 45.1 Å². The molecule has 5 N–H and O–H groups in total. The fourth-order valence-corrected chi connectivity index (χ4v) is 5.67. The Labute approximate surface area is 292 Å². The van der Waals surface area contributed by atoms with Gasteiger partial charge in [0.1, 0.15) is 18.9 Å². The largest absolute Gasteiger partial charge is 0.349 e. The van der Waals surface area contributed by atoms with E-state index in [0.717, 1.165) is 18.4 Å². The highest BCUT2D eigenvalue weighted by molar-refractivity contribution is 14.1. The van der Waals surface area contributed by atoms with Crippen molar-refractivity contribution in [2.75, 3.05) is 32.9 Å². The molecule has 1 saturated heterocycles. The van der Waals surface area contributed by atoms with Crippen LogP contribution in [0.2, 0.25) is 0 Å². The lowest BCUT2D eigenvalue weighted by molar-refractivity contribution is -0.139.